The lowest BCUT2D eigenvalue weighted by Gasteiger charge is -2.17. The van der Waals surface area contributed by atoms with E-state index in [1.54, 1.807) is 0 Å². The van der Waals surface area contributed by atoms with Crippen molar-refractivity contribution in [3.05, 3.63) is 64.7 Å². The molecule has 0 aromatic heterocycles. The Hall–Kier alpha value is -2.53. The standard InChI is InChI=1S/C19H20ClNO4/c1-12(14-6-4-3-5-7-14)11-21-18(23)13(2)25-19(24)16-9-8-15(20)10-17(16)22/h3-10,12-13,22H,11H2,1-2H3,(H,21,23)/t12-,13+/m0/s1. The monoisotopic (exact) mass is 361 g/mol. The van der Waals surface area contributed by atoms with E-state index in [0.29, 0.717) is 11.6 Å². The molecule has 0 unspecified atom stereocenters. The van der Waals surface area contributed by atoms with Gasteiger partial charge < -0.3 is 15.2 Å². The normalized spacial score (nSPS) is 12.9. The Morgan fingerprint density at radius 1 is 1.16 bits per heavy atom. The molecule has 0 aliphatic rings. The lowest BCUT2D eigenvalue weighted by atomic mass is 10.0. The van der Waals surface area contributed by atoms with Crippen LogP contribution in [0.5, 0.6) is 5.75 Å². The summed E-state index contributed by atoms with van der Waals surface area (Å²) in [6.07, 6.45) is -0.981. The minimum Gasteiger partial charge on any atom is -0.507 e. The van der Waals surface area contributed by atoms with Crippen LogP contribution in [0.25, 0.3) is 0 Å². The minimum atomic E-state index is -0.981. The number of hydrogen-bond acceptors (Lipinski definition) is 4. The highest BCUT2D eigenvalue weighted by Gasteiger charge is 2.21. The molecule has 0 fully saturated rings. The fourth-order valence-electron chi connectivity index (χ4n) is 2.25. The van der Waals surface area contributed by atoms with Gasteiger partial charge in [-0.3, -0.25) is 4.79 Å². The molecule has 0 radical (unpaired) electrons. The van der Waals surface area contributed by atoms with E-state index in [1.807, 2.05) is 37.3 Å². The number of carbonyl (C=O) groups is 2. The number of benzene rings is 2. The molecule has 0 aliphatic heterocycles. The van der Waals surface area contributed by atoms with Crippen molar-refractivity contribution in [3.8, 4) is 5.75 Å². The van der Waals surface area contributed by atoms with Gasteiger partial charge in [0.1, 0.15) is 11.3 Å². The summed E-state index contributed by atoms with van der Waals surface area (Å²) in [6, 6.07) is 13.8. The molecule has 2 N–H and O–H groups in total. The number of carbonyl (C=O) groups excluding carboxylic acids is 2. The topological polar surface area (TPSA) is 75.6 Å². The molecule has 0 bridgehead atoms. The zero-order valence-electron chi connectivity index (χ0n) is 14.0. The first-order valence-corrected chi connectivity index (χ1v) is 8.28. The van der Waals surface area contributed by atoms with E-state index in [4.69, 9.17) is 16.3 Å². The van der Waals surface area contributed by atoms with Crippen LogP contribution in [0.1, 0.15) is 35.7 Å². The van der Waals surface area contributed by atoms with Crippen molar-refractivity contribution in [2.45, 2.75) is 25.9 Å². The molecule has 2 aromatic carbocycles. The zero-order valence-corrected chi connectivity index (χ0v) is 14.8. The van der Waals surface area contributed by atoms with Crippen molar-refractivity contribution < 1.29 is 19.4 Å². The van der Waals surface area contributed by atoms with Crippen LogP contribution in [0.3, 0.4) is 0 Å². The first kappa shape index (κ1) is 18.8. The van der Waals surface area contributed by atoms with Gasteiger partial charge in [0.2, 0.25) is 0 Å². The molecule has 1 amide bonds. The van der Waals surface area contributed by atoms with Gasteiger partial charge in [0, 0.05) is 11.6 Å². The number of nitrogens with one attached hydrogen (secondary N) is 1. The molecule has 0 saturated carbocycles. The molecule has 0 heterocycles. The van der Waals surface area contributed by atoms with Crippen molar-refractivity contribution >= 4 is 23.5 Å². The van der Waals surface area contributed by atoms with Crippen LogP contribution in [0.15, 0.2) is 48.5 Å². The molecular formula is C19H20ClNO4. The highest BCUT2D eigenvalue weighted by Crippen LogP contribution is 2.23. The molecule has 5 nitrogen and oxygen atoms in total. The number of rotatable bonds is 6. The Balaban J connectivity index is 1.88. The van der Waals surface area contributed by atoms with Crippen LogP contribution in [0.2, 0.25) is 5.02 Å². The van der Waals surface area contributed by atoms with Crippen molar-refractivity contribution in [1.29, 1.82) is 0 Å². The van der Waals surface area contributed by atoms with Crippen LogP contribution in [-0.4, -0.2) is 29.6 Å². The van der Waals surface area contributed by atoms with Crippen LogP contribution >= 0.6 is 11.6 Å². The summed E-state index contributed by atoms with van der Waals surface area (Å²) >= 11 is 5.72. The van der Waals surface area contributed by atoms with Crippen LogP contribution < -0.4 is 5.32 Å². The first-order chi connectivity index (χ1) is 11.9. The third-order valence-electron chi connectivity index (χ3n) is 3.78. The molecule has 25 heavy (non-hydrogen) atoms. The van der Waals surface area contributed by atoms with Crippen molar-refractivity contribution in [3.63, 3.8) is 0 Å². The van der Waals surface area contributed by atoms with Gasteiger partial charge in [-0.25, -0.2) is 4.79 Å². The van der Waals surface area contributed by atoms with Gasteiger partial charge in [0.25, 0.3) is 5.91 Å². The molecule has 6 heteroatoms. The molecule has 2 aromatic rings. The maximum atomic E-state index is 12.1. The first-order valence-electron chi connectivity index (χ1n) is 7.90. The Morgan fingerprint density at radius 3 is 2.48 bits per heavy atom. The second kappa shape index (κ2) is 8.53. The van der Waals surface area contributed by atoms with Gasteiger partial charge in [-0.1, -0.05) is 48.9 Å². The number of esters is 1. The van der Waals surface area contributed by atoms with Crippen molar-refractivity contribution in [2.24, 2.45) is 0 Å². The lowest BCUT2D eigenvalue weighted by molar-refractivity contribution is -0.129. The van der Waals surface area contributed by atoms with E-state index in [2.05, 4.69) is 5.32 Å². The third-order valence-corrected chi connectivity index (χ3v) is 4.02. The fraction of sp³-hybridized carbons (Fsp3) is 0.263. The Bertz CT molecular complexity index is 748. The maximum Gasteiger partial charge on any atom is 0.342 e. The molecule has 0 aliphatic carbocycles. The van der Waals surface area contributed by atoms with Gasteiger partial charge in [0.15, 0.2) is 6.10 Å². The number of hydrogen-bond donors (Lipinski definition) is 2. The molecule has 2 rings (SSSR count). The average Bonchev–Trinajstić information content (AvgIpc) is 2.59. The number of aromatic hydroxyl groups is 1. The molecule has 0 saturated heterocycles. The summed E-state index contributed by atoms with van der Waals surface area (Å²) in [5.74, 6) is -1.34. The second-order valence-electron chi connectivity index (χ2n) is 5.77. The number of phenols is 1. The van der Waals surface area contributed by atoms with Crippen LogP contribution in [-0.2, 0) is 9.53 Å². The minimum absolute atomic E-state index is 0.0401. The van der Waals surface area contributed by atoms with Gasteiger partial charge in [-0.05, 0) is 36.6 Å². The van der Waals surface area contributed by atoms with Gasteiger partial charge >= 0.3 is 5.97 Å². The Morgan fingerprint density at radius 2 is 1.84 bits per heavy atom. The number of amides is 1. The number of phenolic OH excluding ortho intramolecular Hbond substituents is 1. The fourth-order valence-corrected chi connectivity index (χ4v) is 2.42. The van der Waals surface area contributed by atoms with Crippen LogP contribution in [0.4, 0.5) is 0 Å². The molecular weight excluding hydrogens is 342 g/mol. The number of ether oxygens (including phenoxy) is 1. The lowest BCUT2D eigenvalue weighted by Crippen LogP contribution is -2.37. The van der Waals surface area contributed by atoms with E-state index in [-0.39, 0.29) is 17.2 Å². The van der Waals surface area contributed by atoms with E-state index in [0.717, 1.165) is 5.56 Å². The third kappa shape index (κ3) is 5.22. The maximum absolute atomic E-state index is 12.1. The summed E-state index contributed by atoms with van der Waals surface area (Å²) in [5, 5.41) is 12.8. The summed E-state index contributed by atoms with van der Waals surface area (Å²) in [4.78, 5) is 24.2. The Labute approximate surface area is 151 Å². The summed E-state index contributed by atoms with van der Waals surface area (Å²) in [6.45, 7) is 3.91. The molecule has 2 atom stereocenters. The molecule has 0 spiro atoms. The quantitative estimate of drug-likeness (QED) is 0.772. The van der Waals surface area contributed by atoms with Gasteiger partial charge in [0.05, 0.1) is 0 Å². The predicted molar refractivity (Wildman–Crippen MR) is 95.9 cm³/mol. The Kier molecular flexibility index (Phi) is 6.42. The second-order valence-corrected chi connectivity index (χ2v) is 6.20. The summed E-state index contributed by atoms with van der Waals surface area (Å²) in [5.41, 5.74) is 1.07. The SMILES string of the molecule is C[C@@H](OC(=O)c1ccc(Cl)cc1O)C(=O)NC[C@H](C)c1ccccc1. The molecule has 132 valence electrons. The average molecular weight is 362 g/mol. The van der Waals surface area contributed by atoms with Gasteiger partial charge in [-0.2, -0.15) is 0 Å². The summed E-state index contributed by atoms with van der Waals surface area (Å²) < 4.78 is 5.10. The summed E-state index contributed by atoms with van der Waals surface area (Å²) in [7, 11) is 0. The van der Waals surface area contributed by atoms with E-state index < -0.39 is 18.0 Å². The highest BCUT2D eigenvalue weighted by molar-refractivity contribution is 6.30. The smallest absolute Gasteiger partial charge is 0.342 e. The van der Waals surface area contributed by atoms with Crippen molar-refractivity contribution in [2.75, 3.05) is 6.54 Å². The number of halogens is 1. The highest BCUT2D eigenvalue weighted by atomic mass is 35.5. The van der Waals surface area contributed by atoms with E-state index in [1.165, 1.54) is 25.1 Å². The van der Waals surface area contributed by atoms with Crippen LogP contribution in [0, 0.1) is 0 Å². The van der Waals surface area contributed by atoms with Gasteiger partial charge in [-0.15, -0.1) is 0 Å². The van der Waals surface area contributed by atoms with E-state index in [9.17, 15) is 14.7 Å². The largest absolute Gasteiger partial charge is 0.507 e. The predicted octanol–water partition coefficient (Wildman–Crippen LogP) is 3.51. The zero-order chi connectivity index (χ0) is 18.4. The van der Waals surface area contributed by atoms with Crippen molar-refractivity contribution in [1.82, 2.24) is 5.32 Å². The van der Waals surface area contributed by atoms with E-state index >= 15 is 0 Å².